The Morgan fingerprint density at radius 3 is 2.55 bits per heavy atom. The smallest absolute Gasteiger partial charge is 0.192 e. The minimum Gasteiger partial charge on any atom is -0.397 e. The predicted octanol–water partition coefficient (Wildman–Crippen LogP) is 0.0351. The summed E-state index contributed by atoms with van der Waals surface area (Å²) in [5.41, 5.74) is 11.7. The van der Waals surface area contributed by atoms with Crippen LogP contribution in [0.25, 0.3) is 0 Å². The number of para-hydroxylation sites is 1. The van der Waals surface area contributed by atoms with Crippen molar-refractivity contribution in [3.63, 3.8) is 0 Å². The fourth-order valence-electron chi connectivity index (χ4n) is 0.685. The molecule has 0 saturated heterocycles. The second kappa shape index (κ2) is 3.09. The van der Waals surface area contributed by atoms with Gasteiger partial charge in [0.2, 0.25) is 0 Å². The van der Waals surface area contributed by atoms with Crippen molar-refractivity contribution in [2.75, 3.05) is 11.5 Å². The van der Waals surface area contributed by atoms with Crippen LogP contribution in [0.3, 0.4) is 0 Å². The molecule has 0 spiro atoms. The van der Waals surface area contributed by atoms with E-state index < -0.39 is 0 Å². The molecule has 0 atom stereocenters. The highest BCUT2D eigenvalue weighted by Crippen LogP contribution is 2.26. The topological polar surface area (TPSA) is 96.5 Å². The molecule has 0 heterocycles. The number of nitrogen functional groups attached to an aromatic ring is 2. The number of anilines is 2. The van der Waals surface area contributed by atoms with Crippen LogP contribution in [0.1, 0.15) is 0 Å². The minimum atomic E-state index is 0.313. The summed E-state index contributed by atoms with van der Waals surface area (Å²) in [6.07, 6.45) is 0. The van der Waals surface area contributed by atoms with E-state index in [0.717, 1.165) is 0 Å². The highest BCUT2D eigenvalue weighted by molar-refractivity contribution is 5.70. The van der Waals surface area contributed by atoms with Gasteiger partial charge in [0, 0.05) is 0 Å². The predicted molar refractivity (Wildman–Crippen MR) is 41.2 cm³/mol. The molecule has 0 aliphatic heterocycles. The maximum atomic E-state index is 5.48. The molecule has 0 saturated carbocycles. The van der Waals surface area contributed by atoms with Crippen molar-refractivity contribution in [3.8, 4) is 5.75 Å². The summed E-state index contributed by atoms with van der Waals surface area (Å²) in [5.74, 6) is 4.97. The van der Waals surface area contributed by atoms with Gasteiger partial charge in [-0.25, -0.2) is 0 Å². The highest BCUT2D eigenvalue weighted by Gasteiger charge is 2.02. The first-order valence-electron chi connectivity index (χ1n) is 2.93. The van der Waals surface area contributed by atoms with Crippen LogP contribution < -0.4 is 22.3 Å². The van der Waals surface area contributed by atoms with Crippen LogP contribution in [0.4, 0.5) is 11.4 Å². The van der Waals surface area contributed by atoms with Gasteiger partial charge in [0.25, 0.3) is 0 Å². The monoisotopic (exact) mass is 155 g/mol. The van der Waals surface area contributed by atoms with Gasteiger partial charge in [0.15, 0.2) is 5.75 Å². The van der Waals surface area contributed by atoms with Crippen LogP contribution in [0.5, 0.6) is 5.75 Å². The van der Waals surface area contributed by atoms with Gasteiger partial charge in [-0.2, -0.15) is 5.90 Å². The molecule has 0 unspecified atom stereocenters. The lowest BCUT2D eigenvalue weighted by molar-refractivity contribution is -0.210. The lowest BCUT2D eigenvalue weighted by Crippen LogP contribution is -2.06. The molecule has 0 fully saturated rings. The van der Waals surface area contributed by atoms with Gasteiger partial charge < -0.3 is 16.4 Å². The zero-order valence-corrected chi connectivity index (χ0v) is 5.78. The molecule has 6 N–H and O–H groups in total. The summed E-state index contributed by atoms with van der Waals surface area (Å²) in [4.78, 5) is 8.42. The van der Waals surface area contributed by atoms with Crippen LogP contribution in [-0.2, 0) is 4.99 Å². The minimum absolute atomic E-state index is 0.313. The third kappa shape index (κ3) is 1.51. The van der Waals surface area contributed by atoms with E-state index in [9.17, 15) is 0 Å². The summed E-state index contributed by atoms with van der Waals surface area (Å²) in [7, 11) is 0. The summed E-state index contributed by atoms with van der Waals surface area (Å²) in [6, 6.07) is 4.93. The lowest BCUT2D eigenvalue weighted by atomic mass is 10.2. The summed E-state index contributed by atoms with van der Waals surface area (Å²) in [6.45, 7) is 0. The Morgan fingerprint density at radius 2 is 1.91 bits per heavy atom. The van der Waals surface area contributed by atoms with Crippen LogP contribution >= 0.6 is 0 Å². The molecule has 0 amide bonds. The number of hydrogen-bond acceptors (Lipinski definition) is 5. The number of hydrogen-bond donors (Lipinski definition) is 3. The van der Waals surface area contributed by atoms with E-state index in [-0.39, 0.29) is 0 Å². The summed E-state index contributed by atoms with van der Waals surface area (Å²) < 4.78 is 0. The molecule has 1 aromatic carbocycles. The molecule has 1 aromatic rings. The Kier molecular flexibility index (Phi) is 2.15. The van der Waals surface area contributed by atoms with Crippen LogP contribution in [-0.4, -0.2) is 0 Å². The largest absolute Gasteiger partial charge is 0.397 e. The van der Waals surface area contributed by atoms with E-state index in [4.69, 9.17) is 11.5 Å². The lowest BCUT2D eigenvalue weighted by Gasteiger charge is -2.04. The maximum absolute atomic E-state index is 5.48. The van der Waals surface area contributed by atoms with Crippen molar-refractivity contribution >= 4 is 11.4 Å². The van der Waals surface area contributed by atoms with Gasteiger partial charge in [-0.05, 0) is 12.1 Å². The van der Waals surface area contributed by atoms with Gasteiger partial charge in [-0.15, -0.1) is 0 Å². The molecular formula is C6H9N3O2. The number of benzene rings is 1. The normalized spacial score (nSPS) is 9.55. The zero-order chi connectivity index (χ0) is 8.27. The van der Waals surface area contributed by atoms with Crippen LogP contribution in [0.2, 0.25) is 0 Å². The number of rotatable bonds is 2. The Hall–Kier alpha value is -1.46. The fraction of sp³-hybridized carbons (Fsp3) is 0. The van der Waals surface area contributed by atoms with Gasteiger partial charge in [0.05, 0.1) is 5.69 Å². The molecular weight excluding hydrogens is 146 g/mol. The molecule has 0 radical (unpaired) electrons. The second-order valence-corrected chi connectivity index (χ2v) is 1.94. The Morgan fingerprint density at radius 1 is 1.18 bits per heavy atom. The third-order valence-corrected chi connectivity index (χ3v) is 1.24. The Bertz CT molecular complexity index is 252. The molecule has 0 aromatic heterocycles. The van der Waals surface area contributed by atoms with Gasteiger partial charge in [0.1, 0.15) is 5.69 Å². The summed E-state index contributed by atoms with van der Waals surface area (Å²) >= 11 is 0. The quantitative estimate of drug-likeness (QED) is 0.318. The molecule has 1 rings (SSSR count). The molecule has 5 nitrogen and oxygen atoms in total. The zero-order valence-electron chi connectivity index (χ0n) is 5.78. The molecule has 60 valence electrons. The van der Waals surface area contributed by atoms with Gasteiger partial charge in [-0.3, -0.25) is 0 Å². The van der Waals surface area contributed by atoms with Gasteiger partial charge >= 0.3 is 0 Å². The molecule has 11 heavy (non-hydrogen) atoms. The number of nitrogens with two attached hydrogens (primary N) is 3. The third-order valence-electron chi connectivity index (χ3n) is 1.24. The van der Waals surface area contributed by atoms with E-state index in [1.807, 2.05) is 0 Å². The average Bonchev–Trinajstić information content (AvgIpc) is 1.99. The van der Waals surface area contributed by atoms with E-state index in [1.54, 1.807) is 18.2 Å². The summed E-state index contributed by atoms with van der Waals surface area (Å²) in [5, 5.41) is 0. The first kappa shape index (κ1) is 7.64. The first-order valence-corrected chi connectivity index (χ1v) is 2.93. The Balaban J connectivity index is 2.96. The molecule has 0 aliphatic rings. The highest BCUT2D eigenvalue weighted by atomic mass is 17.3. The maximum Gasteiger partial charge on any atom is 0.192 e. The van der Waals surface area contributed by atoms with Crippen molar-refractivity contribution in [1.82, 2.24) is 0 Å². The average molecular weight is 155 g/mol. The van der Waals surface area contributed by atoms with E-state index in [0.29, 0.717) is 17.1 Å². The molecule has 0 bridgehead atoms. The second-order valence-electron chi connectivity index (χ2n) is 1.94. The van der Waals surface area contributed by atoms with Crippen molar-refractivity contribution in [2.24, 2.45) is 5.90 Å². The van der Waals surface area contributed by atoms with E-state index in [2.05, 4.69) is 15.8 Å². The van der Waals surface area contributed by atoms with Crippen molar-refractivity contribution in [2.45, 2.75) is 0 Å². The van der Waals surface area contributed by atoms with E-state index >= 15 is 0 Å². The van der Waals surface area contributed by atoms with Crippen molar-refractivity contribution < 1.29 is 9.88 Å². The van der Waals surface area contributed by atoms with Crippen LogP contribution in [0, 0.1) is 0 Å². The first-order chi connectivity index (χ1) is 5.25. The van der Waals surface area contributed by atoms with E-state index in [1.165, 1.54) is 0 Å². The van der Waals surface area contributed by atoms with Crippen molar-refractivity contribution in [1.29, 1.82) is 0 Å². The van der Waals surface area contributed by atoms with Gasteiger partial charge in [-0.1, -0.05) is 11.1 Å². The van der Waals surface area contributed by atoms with Crippen LogP contribution in [0.15, 0.2) is 18.2 Å². The SMILES string of the molecule is NOOc1cccc(N)c1N. The molecule has 0 aliphatic carbocycles. The molecule has 5 heteroatoms. The fourth-order valence-corrected chi connectivity index (χ4v) is 0.685. The van der Waals surface area contributed by atoms with Crippen molar-refractivity contribution in [3.05, 3.63) is 18.2 Å². The standard InChI is InChI=1S/C6H9N3O2/c7-4-2-1-3-5(6(4)8)10-11-9/h1-3H,7-9H2. The Labute approximate surface area is 63.6 Å².